The predicted molar refractivity (Wildman–Crippen MR) is 94.3 cm³/mol. The van der Waals surface area contributed by atoms with Gasteiger partial charge in [-0.05, 0) is 32.0 Å². The van der Waals surface area contributed by atoms with Crippen LogP contribution < -0.4 is 4.74 Å². The first-order valence-corrected chi connectivity index (χ1v) is 9.21. The van der Waals surface area contributed by atoms with Crippen molar-refractivity contribution in [2.24, 2.45) is 0 Å². The van der Waals surface area contributed by atoms with Gasteiger partial charge in [-0.25, -0.2) is 0 Å². The highest BCUT2D eigenvalue weighted by atomic mass is 16.5. The van der Waals surface area contributed by atoms with Crippen LogP contribution in [0.25, 0.3) is 5.65 Å². The number of fused-ring (bicyclic) bond motifs is 1. The Kier molecular flexibility index (Phi) is 5.19. The number of nitrogens with zero attached hydrogens (tertiary/aromatic N) is 6. The van der Waals surface area contributed by atoms with Crippen molar-refractivity contribution in [3.05, 3.63) is 18.5 Å². The molecule has 0 radical (unpaired) electrons. The van der Waals surface area contributed by atoms with Crippen LogP contribution in [0, 0.1) is 0 Å². The highest BCUT2D eigenvalue weighted by molar-refractivity contribution is 5.77. The van der Waals surface area contributed by atoms with Crippen molar-refractivity contribution in [2.75, 3.05) is 52.5 Å². The van der Waals surface area contributed by atoms with Crippen LogP contribution in [0.1, 0.15) is 12.8 Å². The molecule has 2 saturated heterocycles. The van der Waals surface area contributed by atoms with E-state index < -0.39 is 5.60 Å². The van der Waals surface area contributed by atoms with Crippen molar-refractivity contribution < 1.29 is 19.4 Å². The second-order valence-electron chi connectivity index (χ2n) is 7.17. The summed E-state index contributed by atoms with van der Waals surface area (Å²) in [5.74, 6) is 0.111. The number of carbonyl (C=O) groups is 1. The van der Waals surface area contributed by atoms with Gasteiger partial charge in [-0.2, -0.15) is 4.52 Å². The number of hydrogen-bond acceptors (Lipinski definition) is 8. The molecule has 10 heteroatoms. The van der Waals surface area contributed by atoms with Gasteiger partial charge in [0.25, 0.3) is 5.91 Å². The third kappa shape index (κ3) is 4.34. The summed E-state index contributed by atoms with van der Waals surface area (Å²) < 4.78 is 12.6. The maximum Gasteiger partial charge on any atom is 0.260 e. The average molecular weight is 376 g/mol. The molecule has 2 aromatic heterocycles. The van der Waals surface area contributed by atoms with Gasteiger partial charge < -0.3 is 24.4 Å². The van der Waals surface area contributed by atoms with Crippen LogP contribution in [0.3, 0.4) is 0 Å². The highest BCUT2D eigenvalue weighted by Gasteiger charge is 2.36. The number of ether oxygens (including phenoxy) is 2. The summed E-state index contributed by atoms with van der Waals surface area (Å²) in [6, 6.07) is 3.36. The zero-order valence-corrected chi connectivity index (χ0v) is 15.2. The van der Waals surface area contributed by atoms with Gasteiger partial charge in [-0.3, -0.25) is 4.79 Å². The van der Waals surface area contributed by atoms with E-state index in [0.29, 0.717) is 31.2 Å². The van der Waals surface area contributed by atoms with E-state index in [1.54, 1.807) is 17.0 Å². The first kappa shape index (κ1) is 18.1. The van der Waals surface area contributed by atoms with Crippen molar-refractivity contribution in [3.8, 4) is 5.88 Å². The van der Waals surface area contributed by atoms with Gasteiger partial charge in [0.15, 0.2) is 12.3 Å². The Balaban J connectivity index is 1.36. The number of carbonyl (C=O) groups excluding carboxylic acids is 1. The molecule has 10 nitrogen and oxygen atoms in total. The van der Waals surface area contributed by atoms with Crippen LogP contribution in [-0.2, 0) is 9.53 Å². The fraction of sp³-hybridized carbons (Fsp3) is 0.647. The maximum absolute atomic E-state index is 12.6. The third-order valence-electron chi connectivity index (χ3n) is 4.91. The Bertz CT molecular complexity index is 793. The second-order valence-corrected chi connectivity index (χ2v) is 7.17. The summed E-state index contributed by atoms with van der Waals surface area (Å²) in [5.41, 5.74) is -0.457. The first-order chi connectivity index (χ1) is 13.1. The lowest BCUT2D eigenvalue weighted by Gasteiger charge is -2.33. The van der Waals surface area contributed by atoms with Gasteiger partial charge in [0.1, 0.15) is 11.9 Å². The smallest absolute Gasteiger partial charge is 0.260 e. The summed E-state index contributed by atoms with van der Waals surface area (Å²) in [6.07, 6.45) is 3.77. The molecule has 2 aliphatic heterocycles. The van der Waals surface area contributed by atoms with Crippen LogP contribution >= 0.6 is 0 Å². The Labute approximate surface area is 156 Å². The zero-order chi connectivity index (χ0) is 18.7. The molecule has 2 aliphatic rings. The van der Waals surface area contributed by atoms with Crippen molar-refractivity contribution in [1.82, 2.24) is 29.6 Å². The molecule has 1 amide bonds. The molecule has 0 bridgehead atoms. The monoisotopic (exact) mass is 376 g/mol. The Morgan fingerprint density at radius 3 is 3.00 bits per heavy atom. The highest BCUT2D eigenvalue weighted by Crippen LogP contribution is 2.18. The second kappa shape index (κ2) is 7.75. The largest absolute Gasteiger partial charge is 0.467 e. The summed E-state index contributed by atoms with van der Waals surface area (Å²) in [4.78, 5) is 16.5. The number of hydrogen-bond donors (Lipinski definition) is 1. The summed E-state index contributed by atoms with van der Waals surface area (Å²) in [7, 11) is 0. The summed E-state index contributed by atoms with van der Waals surface area (Å²) in [6.45, 7) is 3.64. The molecule has 146 valence electrons. The van der Waals surface area contributed by atoms with E-state index in [2.05, 4.69) is 20.2 Å². The Morgan fingerprint density at radius 2 is 2.15 bits per heavy atom. The number of aromatic nitrogens is 4. The number of aliphatic hydroxyl groups is 1. The molecule has 2 fully saturated rings. The number of β-amino-alcohol motifs (C(OH)–C–C–N with tert-alkyl or cyclic N) is 1. The minimum atomic E-state index is -1.06. The molecule has 4 heterocycles. The summed E-state index contributed by atoms with van der Waals surface area (Å²) in [5, 5.41) is 22.8. The van der Waals surface area contributed by atoms with Crippen LogP contribution in [0.5, 0.6) is 5.88 Å². The van der Waals surface area contributed by atoms with E-state index in [-0.39, 0.29) is 25.7 Å². The average Bonchev–Trinajstić information content (AvgIpc) is 3.29. The molecular formula is C17H24N6O4. The van der Waals surface area contributed by atoms with Crippen LogP contribution in [0.2, 0.25) is 0 Å². The molecule has 0 aromatic carbocycles. The van der Waals surface area contributed by atoms with Crippen molar-refractivity contribution in [1.29, 1.82) is 0 Å². The summed E-state index contributed by atoms with van der Waals surface area (Å²) >= 11 is 0. The molecule has 0 unspecified atom stereocenters. The molecule has 1 N–H and O–H groups in total. The molecule has 4 rings (SSSR count). The SMILES string of the molecule is O=C(COc1ccc2nncn2n1)N1CCOC[C@@](O)(CN2CCCC2)C1. The van der Waals surface area contributed by atoms with Crippen LogP contribution in [0.15, 0.2) is 18.5 Å². The fourth-order valence-corrected chi connectivity index (χ4v) is 3.60. The lowest BCUT2D eigenvalue weighted by atomic mass is 10.0. The van der Waals surface area contributed by atoms with Gasteiger partial charge in [0.2, 0.25) is 5.88 Å². The van der Waals surface area contributed by atoms with E-state index in [4.69, 9.17) is 9.47 Å². The van der Waals surface area contributed by atoms with E-state index in [1.807, 2.05) is 0 Å². The lowest BCUT2D eigenvalue weighted by Crippen LogP contribution is -2.53. The van der Waals surface area contributed by atoms with Gasteiger partial charge in [-0.1, -0.05) is 0 Å². The fourth-order valence-electron chi connectivity index (χ4n) is 3.60. The molecular weight excluding hydrogens is 352 g/mol. The predicted octanol–water partition coefficient (Wildman–Crippen LogP) is -0.811. The number of rotatable bonds is 5. The Hall–Kier alpha value is -2.30. The normalized spacial score (nSPS) is 24.3. The minimum Gasteiger partial charge on any atom is -0.467 e. The van der Waals surface area contributed by atoms with Crippen LogP contribution in [-0.4, -0.2) is 98.8 Å². The lowest BCUT2D eigenvalue weighted by molar-refractivity contribution is -0.136. The van der Waals surface area contributed by atoms with Crippen LogP contribution in [0.4, 0.5) is 0 Å². The Morgan fingerprint density at radius 1 is 1.30 bits per heavy atom. The maximum atomic E-state index is 12.6. The quantitative estimate of drug-likeness (QED) is 0.722. The van der Waals surface area contributed by atoms with Crippen molar-refractivity contribution in [3.63, 3.8) is 0 Å². The molecule has 0 saturated carbocycles. The molecule has 1 atom stereocenters. The standard InChI is InChI=1S/C17H24N6O4/c24-16(9-27-15-4-3-14-19-18-13-23(14)20-15)22-7-8-26-12-17(25,11-22)10-21-5-1-2-6-21/h3-4,13,25H,1-2,5-12H2/t17-/m1/s1. The van der Waals surface area contributed by atoms with E-state index >= 15 is 0 Å². The topological polar surface area (TPSA) is 105 Å². The number of likely N-dealkylation sites (tertiary alicyclic amines) is 1. The van der Waals surface area contributed by atoms with E-state index in [9.17, 15) is 9.90 Å². The zero-order valence-electron chi connectivity index (χ0n) is 15.2. The van der Waals surface area contributed by atoms with E-state index in [1.165, 1.54) is 10.8 Å². The van der Waals surface area contributed by atoms with Gasteiger partial charge >= 0.3 is 0 Å². The molecule has 2 aromatic rings. The van der Waals surface area contributed by atoms with Gasteiger partial charge in [-0.15, -0.1) is 15.3 Å². The van der Waals surface area contributed by atoms with Gasteiger partial charge in [0.05, 0.1) is 19.8 Å². The third-order valence-corrected chi connectivity index (χ3v) is 4.91. The molecule has 27 heavy (non-hydrogen) atoms. The number of amides is 1. The minimum absolute atomic E-state index is 0.152. The van der Waals surface area contributed by atoms with Crippen molar-refractivity contribution in [2.45, 2.75) is 18.4 Å². The molecule has 0 spiro atoms. The van der Waals surface area contributed by atoms with Crippen molar-refractivity contribution >= 4 is 11.6 Å². The van der Waals surface area contributed by atoms with Gasteiger partial charge in [0, 0.05) is 19.2 Å². The van der Waals surface area contributed by atoms with E-state index in [0.717, 1.165) is 25.9 Å². The first-order valence-electron chi connectivity index (χ1n) is 9.21. The molecule has 0 aliphatic carbocycles.